The highest BCUT2D eigenvalue weighted by molar-refractivity contribution is 6.36. The van der Waals surface area contributed by atoms with Gasteiger partial charge in [-0.15, -0.1) is 13.2 Å². The number of alkyl halides is 3. The van der Waals surface area contributed by atoms with Crippen molar-refractivity contribution in [3.63, 3.8) is 0 Å². The first-order valence-corrected chi connectivity index (χ1v) is 13.3. The molecule has 1 heterocycles. The Kier molecular flexibility index (Phi) is 8.38. The maximum Gasteiger partial charge on any atom is 0.573 e. The molecular weight excluding hydrogens is 588 g/mol. The Morgan fingerprint density at radius 1 is 0.881 bits per heavy atom. The zero-order valence-electron chi connectivity index (χ0n) is 21.6. The fraction of sp³-hybridized carbons (Fsp3) is 0.0625. The smallest absolute Gasteiger partial charge is 0.478 e. The molecule has 1 aromatic heterocycles. The zero-order chi connectivity index (χ0) is 29.9. The molecule has 0 unspecified atom stereocenters. The van der Waals surface area contributed by atoms with E-state index in [1.165, 1.54) is 12.1 Å². The van der Waals surface area contributed by atoms with Crippen molar-refractivity contribution in [3.05, 3.63) is 130 Å². The summed E-state index contributed by atoms with van der Waals surface area (Å²) in [6, 6.07) is 25.0. The van der Waals surface area contributed by atoms with Crippen LogP contribution in [0.25, 0.3) is 34.5 Å². The number of carbonyl (C=O) groups is 1. The van der Waals surface area contributed by atoms with E-state index in [-0.39, 0.29) is 11.3 Å². The highest BCUT2D eigenvalue weighted by Crippen LogP contribution is 2.31. The number of imidazole rings is 1. The molecule has 0 saturated heterocycles. The molecule has 0 bridgehead atoms. The molecule has 10 heteroatoms. The summed E-state index contributed by atoms with van der Waals surface area (Å²) < 4.78 is 43.2. The van der Waals surface area contributed by atoms with E-state index in [1.54, 1.807) is 54.6 Å². The van der Waals surface area contributed by atoms with Crippen molar-refractivity contribution < 1.29 is 27.8 Å². The van der Waals surface area contributed by atoms with Gasteiger partial charge in [0.2, 0.25) is 0 Å². The molecule has 0 radical (unpaired) electrons. The lowest BCUT2D eigenvalue weighted by Crippen LogP contribution is -2.16. The van der Waals surface area contributed by atoms with E-state index in [2.05, 4.69) is 4.74 Å². The van der Waals surface area contributed by atoms with Crippen molar-refractivity contribution in [2.45, 2.75) is 12.9 Å². The average Bonchev–Trinajstić information content (AvgIpc) is 3.34. The molecule has 5 rings (SSSR count). The predicted molar refractivity (Wildman–Crippen MR) is 158 cm³/mol. The quantitative estimate of drug-likeness (QED) is 0.191. The number of nitrogens with zero attached hydrogens (tertiary/aromatic N) is 2. The number of carboxylic acids is 1. The third-order valence-electron chi connectivity index (χ3n) is 6.33. The van der Waals surface area contributed by atoms with E-state index < -0.39 is 12.3 Å². The van der Waals surface area contributed by atoms with Crippen molar-refractivity contribution in [3.8, 4) is 28.1 Å². The molecule has 5 aromatic rings. The minimum atomic E-state index is -4.74. The van der Waals surface area contributed by atoms with Crippen LogP contribution in [0, 0.1) is 0 Å². The van der Waals surface area contributed by atoms with Gasteiger partial charge in [0.1, 0.15) is 11.6 Å². The van der Waals surface area contributed by atoms with E-state index in [4.69, 9.17) is 28.2 Å². The summed E-state index contributed by atoms with van der Waals surface area (Å²) in [7, 11) is 0. The summed E-state index contributed by atoms with van der Waals surface area (Å²) in [6.45, 7) is 0.435. The zero-order valence-corrected chi connectivity index (χ0v) is 23.2. The van der Waals surface area contributed by atoms with Crippen LogP contribution in [0.3, 0.4) is 0 Å². The van der Waals surface area contributed by atoms with Crippen LogP contribution >= 0.6 is 23.2 Å². The second-order valence-electron chi connectivity index (χ2n) is 9.27. The lowest BCUT2D eigenvalue weighted by Gasteiger charge is -2.09. The maximum atomic E-state index is 12.4. The highest BCUT2D eigenvalue weighted by Gasteiger charge is 2.31. The van der Waals surface area contributed by atoms with E-state index in [1.807, 2.05) is 47.2 Å². The number of aromatic nitrogens is 2. The van der Waals surface area contributed by atoms with Crippen LogP contribution in [0.4, 0.5) is 13.2 Å². The number of hydrogen-bond donors (Lipinski definition) is 1. The summed E-state index contributed by atoms with van der Waals surface area (Å²) in [6.07, 6.45) is 0.882. The van der Waals surface area contributed by atoms with Gasteiger partial charge in [0.05, 0.1) is 16.3 Å². The topological polar surface area (TPSA) is 64.3 Å². The van der Waals surface area contributed by atoms with Gasteiger partial charge in [-0.3, -0.25) is 0 Å². The molecular formula is C32H21Cl2F3N2O3. The minimum absolute atomic E-state index is 0.201. The lowest BCUT2D eigenvalue weighted by molar-refractivity contribution is -0.274. The first-order valence-electron chi connectivity index (χ1n) is 12.5. The van der Waals surface area contributed by atoms with Crippen LogP contribution in [0.5, 0.6) is 5.75 Å². The largest absolute Gasteiger partial charge is 0.573 e. The van der Waals surface area contributed by atoms with Crippen molar-refractivity contribution in [2.75, 3.05) is 0 Å². The van der Waals surface area contributed by atoms with Crippen LogP contribution in [-0.2, 0) is 6.54 Å². The van der Waals surface area contributed by atoms with Crippen molar-refractivity contribution >= 4 is 41.3 Å². The fourth-order valence-corrected chi connectivity index (χ4v) is 4.78. The number of ether oxygens (including phenoxy) is 1. The summed E-state index contributed by atoms with van der Waals surface area (Å²) in [5.74, 6) is -0.632. The lowest BCUT2D eigenvalue weighted by atomic mass is 10.0. The number of hydrogen-bond acceptors (Lipinski definition) is 3. The summed E-state index contributed by atoms with van der Waals surface area (Å²) in [5.41, 5.74) is 4.90. The Balaban J connectivity index is 1.40. The minimum Gasteiger partial charge on any atom is -0.478 e. The van der Waals surface area contributed by atoms with Gasteiger partial charge in [0, 0.05) is 23.3 Å². The van der Waals surface area contributed by atoms with Crippen molar-refractivity contribution in [1.29, 1.82) is 0 Å². The molecule has 0 fully saturated rings. The highest BCUT2D eigenvalue weighted by atomic mass is 35.5. The molecule has 1 N–H and O–H groups in total. The van der Waals surface area contributed by atoms with Gasteiger partial charge in [-0.25, -0.2) is 9.78 Å². The molecule has 212 valence electrons. The normalized spacial score (nSPS) is 11.6. The summed E-state index contributed by atoms with van der Waals surface area (Å²) >= 11 is 12.5. The first kappa shape index (κ1) is 29.0. The number of rotatable bonds is 8. The van der Waals surface area contributed by atoms with E-state index >= 15 is 0 Å². The van der Waals surface area contributed by atoms with Gasteiger partial charge >= 0.3 is 12.3 Å². The monoisotopic (exact) mass is 608 g/mol. The van der Waals surface area contributed by atoms with Crippen LogP contribution < -0.4 is 4.74 Å². The Bertz CT molecular complexity index is 1750. The molecule has 0 aliphatic rings. The van der Waals surface area contributed by atoms with Crippen LogP contribution in [-0.4, -0.2) is 27.0 Å². The molecule has 0 aliphatic heterocycles. The second kappa shape index (κ2) is 12.1. The maximum absolute atomic E-state index is 12.4. The number of carboxylic acid groups (broad SMARTS) is 1. The van der Waals surface area contributed by atoms with Crippen molar-refractivity contribution in [1.82, 2.24) is 9.55 Å². The van der Waals surface area contributed by atoms with Crippen molar-refractivity contribution in [2.24, 2.45) is 0 Å². The Morgan fingerprint density at radius 2 is 1.52 bits per heavy atom. The van der Waals surface area contributed by atoms with E-state index in [9.17, 15) is 23.1 Å². The first-order chi connectivity index (χ1) is 20.0. The molecule has 0 spiro atoms. The Labute approximate surface area is 249 Å². The molecule has 0 aliphatic carbocycles. The van der Waals surface area contributed by atoms with Gasteiger partial charge in [0.15, 0.2) is 0 Å². The fourth-order valence-electron chi connectivity index (χ4n) is 4.27. The van der Waals surface area contributed by atoms with Crippen LogP contribution in [0.15, 0.2) is 97.2 Å². The van der Waals surface area contributed by atoms with Gasteiger partial charge < -0.3 is 14.4 Å². The molecule has 0 amide bonds. The molecule has 42 heavy (non-hydrogen) atoms. The molecule has 0 atom stereocenters. The predicted octanol–water partition coefficient (Wildman–Crippen LogP) is 9.34. The third kappa shape index (κ3) is 7.21. The number of benzene rings is 4. The Morgan fingerprint density at radius 3 is 2.12 bits per heavy atom. The van der Waals surface area contributed by atoms with E-state index in [0.29, 0.717) is 33.7 Å². The summed E-state index contributed by atoms with van der Waals surface area (Å²) in [5, 5.41) is 10.2. The second-order valence-corrected chi connectivity index (χ2v) is 10.1. The van der Waals surface area contributed by atoms with E-state index in [0.717, 1.165) is 22.3 Å². The third-order valence-corrected chi connectivity index (χ3v) is 6.87. The Hall–Kier alpha value is -4.53. The molecule has 0 saturated carbocycles. The standard InChI is InChI=1S/C32H21Cl2F3N2O3/c33-25-12-15-27(28(34)17-25)29-19-39(18-21-3-8-24(9-4-21)31(40)41)30(38-29)16-5-20-1-6-22(7-2-20)23-10-13-26(14-11-23)42-32(35,36)37/h1-17,19H,18H2,(H,40,41)/b16-5+. The number of aromatic carboxylic acids is 1. The van der Waals surface area contributed by atoms with Gasteiger partial charge in [-0.2, -0.15) is 0 Å². The van der Waals surface area contributed by atoms with Crippen LogP contribution in [0.2, 0.25) is 10.0 Å². The van der Waals surface area contributed by atoms with Crippen LogP contribution in [0.1, 0.15) is 27.3 Å². The van der Waals surface area contributed by atoms with Gasteiger partial charge in [0.25, 0.3) is 0 Å². The van der Waals surface area contributed by atoms with Gasteiger partial charge in [-0.05, 0) is 70.8 Å². The van der Waals surface area contributed by atoms with Gasteiger partial charge in [-0.1, -0.05) is 77.8 Å². The number of halogens is 5. The molecule has 5 nitrogen and oxygen atoms in total. The molecule has 4 aromatic carbocycles. The SMILES string of the molecule is O=C(O)c1ccc(Cn2cc(-c3ccc(Cl)cc3Cl)nc2/C=C/c2ccc(-c3ccc(OC(F)(F)F)cc3)cc2)cc1. The average molecular weight is 609 g/mol. The summed E-state index contributed by atoms with van der Waals surface area (Å²) in [4.78, 5) is 16.0.